The van der Waals surface area contributed by atoms with Gasteiger partial charge in [0.1, 0.15) is 11.6 Å². The van der Waals surface area contributed by atoms with Crippen molar-refractivity contribution in [2.45, 2.75) is 38.8 Å². The van der Waals surface area contributed by atoms with Crippen LogP contribution in [0.3, 0.4) is 0 Å². The summed E-state index contributed by atoms with van der Waals surface area (Å²) in [4.78, 5) is 39.6. The molecule has 2 fully saturated rings. The normalized spacial score (nSPS) is 23.4. The number of ether oxygens (including phenoxy) is 1. The molecule has 1 aliphatic heterocycles. The zero-order chi connectivity index (χ0) is 19.8. The van der Waals surface area contributed by atoms with Gasteiger partial charge in [0.05, 0.1) is 0 Å². The molecule has 4 amide bonds. The minimum absolute atomic E-state index is 0.252. The lowest BCUT2D eigenvalue weighted by atomic mass is 10.1. The Labute approximate surface area is 163 Å². The topological polar surface area (TPSA) is 79.0 Å². The van der Waals surface area contributed by atoms with Gasteiger partial charge in [-0.25, -0.2) is 9.59 Å². The molecule has 0 aromatic heterocycles. The van der Waals surface area contributed by atoms with E-state index in [1.807, 2.05) is 35.2 Å². The molecule has 0 radical (unpaired) electrons. The quantitative estimate of drug-likeness (QED) is 0.797. The van der Waals surface area contributed by atoms with Crippen LogP contribution in [0.2, 0.25) is 0 Å². The number of benzene rings is 1. The number of para-hydroxylation sites is 1. The zero-order valence-electron chi connectivity index (χ0n) is 16.0. The van der Waals surface area contributed by atoms with Crippen molar-refractivity contribution in [2.24, 2.45) is 11.8 Å². The lowest BCUT2D eigenvalue weighted by Gasteiger charge is -2.29. The van der Waals surface area contributed by atoms with Crippen LogP contribution in [-0.2, 0) is 9.53 Å². The fourth-order valence-corrected chi connectivity index (χ4v) is 3.86. The van der Waals surface area contributed by atoms with Crippen molar-refractivity contribution in [1.82, 2.24) is 9.62 Å². The second-order valence-electron chi connectivity index (χ2n) is 7.84. The van der Waals surface area contributed by atoms with Crippen molar-refractivity contribution < 1.29 is 19.1 Å². The molecule has 27 heavy (non-hydrogen) atoms. The Morgan fingerprint density at radius 1 is 1.22 bits per heavy atom. The van der Waals surface area contributed by atoms with Crippen molar-refractivity contribution >= 4 is 35.7 Å². The van der Waals surface area contributed by atoms with E-state index >= 15 is 0 Å². The number of anilines is 1. The number of urea groups is 1. The van der Waals surface area contributed by atoms with Gasteiger partial charge in [0.15, 0.2) is 0 Å². The van der Waals surface area contributed by atoms with Crippen LogP contribution in [0, 0.1) is 11.8 Å². The highest BCUT2D eigenvalue weighted by molar-refractivity contribution is 7.97. The first-order valence-electron chi connectivity index (χ1n) is 8.95. The molecule has 1 saturated heterocycles. The summed E-state index contributed by atoms with van der Waals surface area (Å²) in [6.45, 7) is 5.96. The van der Waals surface area contributed by atoms with Gasteiger partial charge in [-0.1, -0.05) is 18.2 Å². The summed E-state index contributed by atoms with van der Waals surface area (Å²) in [6, 6.07) is 8.52. The van der Waals surface area contributed by atoms with E-state index in [0.717, 1.165) is 34.9 Å². The van der Waals surface area contributed by atoms with Gasteiger partial charge in [-0.15, -0.1) is 0 Å². The number of imide groups is 2. The summed E-state index contributed by atoms with van der Waals surface area (Å²) in [6.07, 6.45) is 1.78. The highest BCUT2D eigenvalue weighted by Gasteiger charge is 2.55. The van der Waals surface area contributed by atoms with Gasteiger partial charge in [-0.3, -0.25) is 10.1 Å². The summed E-state index contributed by atoms with van der Waals surface area (Å²) in [5.74, 6) is 0.359. The van der Waals surface area contributed by atoms with Crippen LogP contribution in [0.25, 0.3) is 0 Å². The van der Waals surface area contributed by atoms with Gasteiger partial charge < -0.3 is 9.64 Å². The Balaban J connectivity index is 1.68. The number of amides is 4. The first kappa shape index (κ1) is 19.5. The smallest absolute Gasteiger partial charge is 0.428 e. The van der Waals surface area contributed by atoms with Crippen LogP contribution >= 0.6 is 11.9 Å². The highest BCUT2D eigenvalue weighted by atomic mass is 32.2. The van der Waals surface area contributed by atoms with Crippen LogP contribution in [0.4, 0.5) is 15.3 Å². The summed E-state index contributed by atoms with van der Waals surface area (Å²) in [7, 11) is 0. The Hall–Kier alpha value is -2.22. The number of nitrogens with one attached hydrogen (secondary N) is 1. The van der Waals surface area contributed by atoms with E-state index in [9.17, 15) is 14.4 Å². The monoisotopic (exact) mass is 391 g/mol. The molecule has 1 saturated carbocycles. The number of fused-ring (bicyclic) bond motifs is 1. The van der Waals surface area contributed by atoms with E-state index in [1.54, 1.807) is 27.0 Å². The lowest BCUT2D eigenvalue weighted by Crippen LogP contribution is -2.51. The largest absolute Gasteiger partial charge is 0.443 e. The zero-order valence-corrected chi connectivity index (χ0v) is 16.8. The predicted molar refractivity (Wildman–Crippen MR) is 104 cm³/mol. The molecule has 8 heteroatoms. The molecular weight excluding hydrogens is 366 g/mol. The molecule has 1 N–H and O–H groups in total. The molecule has 2 aliphatic rings. The standard InChI is InChI=1S/C19H25N3O4S/c1-19(2,3)26-18(25)22(27-4)17(24)20-16(23)15-14-10-12(14)11-21(15)13-8-6-5-7-9-13/h5-9,12,14-15H,10-11H2,1-4H3,(H,20,23,24)/t12-,14-,15?/m1/s1. The molecule has 3 rings (SSSR count). The molecule has 1 unspecified atom stereocenters. The average molecular weight is 391 g/mol. The number of carbonyl (C=O) groups is 3. The first-order valence-corrected chi connectivity index (χ1v) is 10.1. The number of nitrogens with zero attached hydrogens (tertiary/aromatic N) is 2. The van der Waals surface area contributed by atoms with Gasteiger partial charge in [-0.05, 0) is 63.1 Å². The van der Waals surface area contributed by atoms with E-state index in [0.29, 0.717) is 5.92 Å². The van der Waals surface area contributed by atoms with Crippen LogP contribution in [0.5, 0.6) is 0 Å². The maximum Gasteiger partial charge on any atom is 0.428 e. The number of carbonyl (C=O) groups excluding carboxylic acids is 3. The molecule has 0 spiro atoms. The minimum Gasteiger partial charge on any atom is -0.443 e. The van der Waals surface area contributed by atoms with Crippen LogP contribution in [-0.4, -0.2) is 46.8 Å². The van der Waals surface area contributed by atoms with E-state index < -0.39 is 23.8 Å². The van der Waals surface area contributed by atoms with Gasteiger partial charge in [0.2, 0.25) is 0 Å². The Bertz CT molecular complexity index is 734. The Morgan fingerprint density at radius 2 is 1.89 bits per heavy atom. The second kappa shape index (κ2) is 7.42. The minimum atomic E-state index is -0.795. The van der Waals surface area contributed by atoms with Crippen molar-refractivity contribution in [3.05, 3.63) is 30.3 Å². The number of piperidine rings is 1. The number of hydrogen-bond donors (Lipinski definition) is 1. The maximum absolute atomic E-state index is 12.8. The van der Waals surface area contributed by atoms with Gasteiger partial charge in [-0.2, -0.15) is 4.31 Å². The summed E-state index contributed by atoms with van der Waals surface area (Å²) >= 11 is 0.901. The fourth-order valence-electron chi connectivity index (χ4n) is 3.46. The molecule has 7 nitrogen and oxygen atoms in total. The van der Waals surface area contributed by atoms with Gasteiger partial charge >= 0.3 is 12.1 Å². The SMILES string of the molecule is CSN(C(=O)NC(=O)C1[C@@H]2C[C@@H]2CN1c1ccccc1)C(=O)OC(C)(C)C. The molecule has 1 heterocycles. The summed E-state index contributed by atoms with van der Waals surface area (Å²) in [5, 5.41) is 2.38. The third kappa shape index (κ3) is 4.37. The predicted octanol–water partition coefficient (Wildman–Crippen LogP) is 3.26. The van der Waals surface area contributed by atoms with Crippen molar-refractivity contribution in [1.29, 1.82) is 0 Å². The highest BCUT2D eigenvalue weighted by Crippen LogP contribution is 2.50. The summed E-state index contributed by atoms with van der Waals surface area (Å²) < 4.78 is 6.05. The number of rotatable bonds is 3. The van der Waals surface area contributed by atoms with Crippen LogP contribution in [0.1, 0.15) is 27.2 Å². The van der Waals surface area contributed by atoms with Crippen molar-refractivity contribution in [3.8, 4) is 0 Å². The van der Waals surface area contributed by atoms with Crippen molar-refractivity contribution in [2.75, 3.05) is 17.7 Å². The second-order valence-corrected chi connectivity index (χ2v) is 8.57. The molecule has 1 aromatic rings. The summed E-state index contributed by atoms with van der Waals surface area (Å²) in [5.41, 5.74) is 0.234. The van der Waals surface area contributed by atoms with E-state index in [1.165, 1.54) is 0 Å². The van der Waals surface area contributed by atoms with Crippen molar-refractivity contribution in [3.63, 3.8) is 0 Å². The van der Waals surface area contributed by atoms with Crippen LogP contribution < -0.4 is 10.2 Å². The van der Waals surface area contributed by atoms with E-state index in [2.05, 4.69) is 5.32 Å². The Morgan fingerprint density at radius 3 is 2.48 bits per heavy atom. The van der Waals surface area contributed by atoms with E-state index in [4.69, 9.17) is 4.74 Å². The lowest BCUT2D eigenvalue weighted by molar-refractivity contribution is -0.121. The van der Waals surface area contributed by atoms with Gasteiger partial charge in [0, 0.05) is 18.5 Å². The third-order valence-electron chi connectivity index (χ3n) is 4.66. The first-order chi connectivity index (χ1) is 12.7. The average Bonchev–Trinajstić information content (AvgIpc) is 3.24. The van der Waals surface area contributed by atoms with E-state index in [-0.39, 0.29) is 11.8 Å². The molecule has 1 aromatic carbocycles. The maximum atomic E-state index is 12.8. The molecule has 3 atom stereocenters. The molecule has 146 valence electrons. The fraction of sp³-hybridized carbons (Fsp3) is 0.526. The van der Waals surface area contributed by atoms with Crippen LogP contribution in [0.15, 0.2) is 30.3 Å². The molecule has 1 aliphatic carbocycles. The molecule has 0 bridgehead atoms. The van der Waals surface area contributed by atoms with Gasteiger partial charge in [0.25, 0.3) is 5.91 Å². The molecular formula is C19H25N3O4S. The third-order valence-corrected chi connectivity index (χ3v) is 5.34. The Kier molecular flexibility index (Phi) is 5.37. The number of hydrogen-bond acceptors (Lipinski definition) is 6.